The minimum Gasteiger partial charge on any atom is -0.451 e. The Hall–Kier alpha value is -2.21. The third-order valence-electron chi connectivity index (χ3n) is 4.65. The molecule has 3 rings (SSSR count). The summed E-state index contributed by atoms with van der Waals surface area (Å²) in [4.78, 5) is 24.4. The number of benzene rings is 1. The number of hydrogen-bond donors (Lipinski definition) is 2. The number of aliphatic hydroxyl groups is 1. The summed E-state index contributed by atoms with van der Waals surface area (Å²) in [5, 5.41) is 12.4. The summed E-state index contributed by atoms with van der Waals surface area (Å²) in [6.45, 7) is -0.153. The molecule has 1 aliphatic rings. The lowest BCUT2D eigenvalue weighted by atomic mass is 9.84. The molecule has 1 aromatic carbocycles. The molecule has 0 saturated heterocycles. The molecule has 128 valence electrons. The van der Waals surface area contributed by atoms with E-state index < -0.39 is 17.2 Å². The maximum absolute atomic E-state index is 13.2. The van der Waals surface area contributed by atoms with E-state index in [0.29, 0.717) is 0 Å². The van der Waals surface area contributed by atoms with Crippen LogP contribution in [0.25, 0.3) is 11.0 Å². The van der Waals surface area contributed by atoms with E-state index in [0.717, 1.165) is 37.8 Å². The number of hydrogen-bond acceptors (Lipinski definition) is 4. The molecule has 2 N–H and O–H groups in total. The van der Waals surface area contributed by atoms with Gasteiger partial charge in [-0.15, -0.1) is 0 Å². The van der Waals surface area contributed by atoms with Gasteiger partial charge in [0.05, 0.1) is 18.0 Å². The van der Waals surface area contributed by atoms with Crippen LogP contribution in [0.5, 0.6) is 0 Å². The zero-order valence-electron chi connectivity index (χ0n) is 13.3. The van der Waals surface area contributed by atoms with Crippen molar-refractivity contribution in [3.8, 4) is 0 Å². The highest BCUT2D eigenvalue weighted by atomic mass is 19.1. The summed E-state index contributed by atoms with van der Waals surface area (Å²) in [6, 6.07) is 4.29. The first-order chi connectivity index (χ1) is 11.6. The van der Waals surface area contributed by atoms with E-state index in [4.69, 9.17) is 4.42 Å². The number of halogens is 1. The molecule has 1 aliphatic carbocycles. The van der Waals surface area contributed by atoms with Crippen LogP contribution < -0.4 is 10.7 Å². The van der Waals surface area contributed by atoms with Crippen molar-refractivity contribution < 1.29 is 18.7 Å². The number of amides is 1. The Morgan fingerprint density at radius 3 is 2.75 bits per heavy atom. The van der Waals surface area contributed by atoms with E-state index in [1.54, 1.807) is 0 Å². The van der Waals surface area contributed by atoms with Crippen LogP contribution in [0.2, 0.25) is 0 Å². The highest BCUT2D eigenvalue weighted by Gasteiger charge is 2.25. The number of carbonyl (C=O) groups excluding carboxylic acids is 1. The Morgan fingerprint density at radius 2 is 2.04 bits per heavy atom. The fraction of sp³-hybridized carbons (Fsp3) is 0.444. The summed E-state index contributed by atoms with van der Waals surface area (Å²) in [6.07, 6.45) is 5.29. The van der Waals surface area contributed by atoms with E-state index in [9.17, 15) is 19.1 Å². The standard InChI is InChI=1S/C18H20FNO4/c19-12-6-7-16-13(8-12)15(22)9-17(24-16)18(23)20-14(10-21)11-4-2-1-3-5-11/h6-9,11,14,21H,1-5,10H2,(H,20,23)/t14-/m0/s1. The van der Waals surface area contributed by atoms with Gasteiger partial charge in [0, 0.05) is 6.07 Å². The van der Waals surface area contributed by atoms with Crippen LogP contribution in [0.3, 0.4) is 0 Å². The Kier molecular flexibility index (Phi) is 4.94. The maximum atomic E-state index is 13.2. The SMILES string of the molecule is O=C(N[C@@H](CO)C1CCCCC1)c1cc(=O)c2cc(F)ccc2o1. The van der Waals surface area contributed by atoms with Crippen LogP contribution in [0.4, 0.5) is 4.39 Å². The molecule has 0 spiro atoms. The fourth-order valence-electron chi connectivity index (χ4n) is 3.33. The van der Waals surface area contributed by atoms with Crippen molar-refractivity contribution in [2.75, 3.05) is 6.61 Å². The average Bonchev–Trinajstić information content (AvgIpc) is 2.60. The summed E-state index contributed by atoms with van der Waals surface area (Å²) in [5.41, 5.74) is -0.314. The van der Waals surface area contributed by atoms with Gasteiger partial charge in [-0.05, 0) is 37.0 Å². The molecular formula is C18H20FNO4. The summed E-state index contributed by atoms with van der Waals surface area (Å²) in [5.74, 6) is -0.977. The average molecular weight is 333 g/mol. The molecule has 24 heavy (non-hydrogen) atoms. The van der Waals surface area contributed by atoms with Gasteiger partial charge >= 0.3 is 0 Å². The Bertz CT molecular complexity index is 795. The van der Waals surface area contributed by atoms with Gasteiger partial charge in [0.2, 0.25) is 0 Å². The van der Waals surface area contributed by atoms with Crippen molar-refractivity contribution in [3.63, 3.8) is 0 Å². The van der Waals surface area contributed by atoms with Gasteiger partial charge in [-0.1, -0.05) is 19.3 Å². The Morgan fingerprint density at radius 1 is 1.29 bits per heavy atom. The third-order valence-corrected chi connectivity index (χ3v) is 4.65. The van der Waals surface area contributed by atoms with E-state index in [2.05, 4.69) is 5.32 Å². The predicted molar refractivity (Wildman–Crippen MR) is 87.4 cm³/mol. The molecule has 1 heterocycles. The summed E-state index contributed by atoms with van der Waals surface area (Å²) >= 11 is 0. The van der Waals surface area contributed by atoms with E-state index in [1.165, 1.54) is 18.6 Å². The number of fused-ring (bicyclic) bond motifs is 1. The minimum absolute atomic E-state index is 0.0949. The number of nitrogens with one attached hydrogen (secondary N) is 1. The zero-order valence-corrected chi connectivity index (χ0v) is 13.3. The van der Waals surface area contributed by atoms with Crippen LogP contribution in [-0.2, 0) is 0 Å². The van der Waals surface area contributed by atoms with Gasteiger partial charge in [0.1, 0.15) is 11.4 Å². The first kappa shape index (κ1) is 16.6. The fourth-order valence-corrected chi connectivity index (χ4v) is 3.33. The Labute approximate surface area is 138 Å². The predicted octanol–water partition coefficient (Wildman–Crippen LogP) is 2.60. The zero-order chi connectivity index (χ0) is 17.1. The van der Waals surface area contributed by atoms with Crippen molar-refractivity contribution in [3.05, 3.63) is 46.1 Å². The molecule has 6 heteroatoms. The lowest BCUT2D eigenvalue weighted by Gasteiger charge is -2.29. The van der Waals surface area contributed by atoms with Crippen molar-refractivity contribution in [2.24, 2.45) is 5.92 Å². The van der Waals surface area contributed by atoms with Gasteiger partial charge < -0.3 is 14.8 Å². The van der Waals surface area contributed by atoms with Crippen LogP contribution in [0.1, 0.15) is 42.7 Å². The molecule has 0 bridgehead atoms. The summed E-state index contributed by atoms with van der Waals surface area (Å²) in [7, 11) is 0. The van der Waals surface area contributed by atoms with Crippen molar-refractivity contribution in [1.29, 1.82) is 0 Å². The number of carbonyl (C=O) groups is 1. The van der Waals surface area contributed by atoms with Crippen LogP contribution in [-0.4, -0.2) is 23.7 Å². The van der Waals surface area contributed by atoms with E-state index in [1.807, 2.05) is 0 Å². The van der Waals surface area contributed by atoms with Crippen LogP contribution >= 0.6 is 0 Å². The second kappa shape index (κ2) is 7.13. The number of rotatable bonds is 4. The maximum Gasteiger partial charge on any atom is 0.287 e. The lowest BCUT2D eigenvalue weighted by molar-refractivity contribution is 0.0844. The van der Waals surface area contributed by atoms with Crippen LogP contribution in [0, 0.1) is 11.7 Å². The molecule has 2 aromatic rings. The normalized spacial score (nSPS) is 16.9. The lowest BCUT2D eigenvalue weighted by Crippen LogP contribution is -2.43. The molecule has 1 fully saturated rings. The molecule has 1 saturated carbocycles. The van der Waals surface area contributed by atoms with Crippen molar-refractivity contribution >= 4 is 16.9 Å². The van der Waals surface area contributed by atoms with Gasteiger partial charge in [-0.3, -0.25) is 9.59 Å². The minimum atomic E-state index is -0.539. The van der Waals surface area contributed by atoms with Gasteiger partial charge in [0.25, 0.3) is 5.91 Å². The molecule has 1 amide bonds. The first-order valence-corrected chi connectivity index (χ1v) is 8.23. The van der Waals surface area contributed by atoms with Crippen LogP contribution in [0.15, 0.2) is 33.5 Å². The molecule has 5 nitrogen and oxygen atoms in total. The second-order valence-corrected chi connectivity index (χ2v) is 6.28. The molecule has 0 aliphatic heterocycles. The smallest absolute Gasteiger partial charge is 0.287 e. The molecule has 0 radical (unpaired) electrons. The highest BCUT2D eigenvalue weighted by molar-refractivity contribution is 5.93. The van der Waals surface area contributed by atoms with E-state index >= 15 is 0 Å². The van der Waals surface area contributed by atoms with Gasteiger partial charge in [-0.25, -0.2) is 4.39 Å². The molecule has 1 aromatic heterocycles. The first-order valence-electron chi connectivity index (χ1n) is 8.23. The quantitative estimate of drug-likeness (QED) is 0.901. The van der Waals surface area contributed by atoms with E-state index in [-0.39, 0.29) is 35.3 Å². The van der Waals surface area contributed by atoms with Crippen molar-refractivity contribution in [2.45, 2.75) is 38.1 Å². The van der Waals surface area contributed by atoms with Gasteiger partial charge in [-0.2, -0.15) is 0 Å². The van der Waals surface area contributed by atoms with Gasteiger partial charge in [0.15, 0.2) is 11.2 Å². The highest BCUT2D eigenvalue weighted by Crippen LogP contribution is 2.26. The topological polar surface area (TPSA) is 79.5 Å². The molecule has 0 unspecified atom stereocenters. The largest absolute Gasteiger partial charge is 0.451 e. The second-order valence-electron chi connectivity index (χ2n) is 6.28. The molecule has 1 atom stereocenters. The summed E-state index contributed by atoms with van der Waals surface area (Å²) < 4.78 is 18.6. The monoisotopic (exact) mass is 333 g/mol. The number of aliphatic hydroxyl groups excluding tert-OH is 1. The molecular weight excluding hydrogens is 313 g/mol. The van der Waals surface area contributed by atoms with Crippen molar-refractivity contribution in [1.82, 2.24) is 5.32 Å². The Balaban J connectivity index is 1.82. The third kappa shape index (κ3) is 3.48.